The molecule has 2 N–H and O–H groups in total. The van der Waals surface area contributed by atoms with Gasteiger partial charge in [-0.15, -0.1) is 0 Å². The van der Waals surface area contributed by atoms with Crippen molar-refractivity contribution >= 4 is 17.6 Å². The first kappa shape index (κ1) is 21.6. The molecule has 30 heavy (non-hydrogen) atoms. The number of rotatable bonds is 6. The number of aliphatic hydroxyl groups is 1. The number of anilines is 1. The van der Waals surface area contributed by atoms with Gasteiger partial charge in [-0.2, -0.15) is 0 Å². The van der Waals surface area contributed by atoms with Crippen LogP contribution in [0.25, 0.3) is 0 Å². The third-order valence-corrected chi connectivity index (χ3v) is 5.07. The number of hydrogen-bond donors (Lipinski definition) is 2. The second-order valence-corrected chi connectivity index (χ2v) is 7.95. The van der Waals surface area contributed by atoms with Crippen LogP contribution in [0.15, 0.2) is 36.4 Å². The molecule has 160 valence electrons. The number of benzene rings is 2. The number of aliphatic carboxylic acids is 1. The van der Waals surface area contributed by atoms with Crippen molar-refractivity contribution in [1.29, 1.82) is 0 Å². The summed E-state index contributed by atoms with van der Waals surface area (Å²) >= 11 is 0. The summed E-state index contributed by atoms with van der Waals surface area (Å²) in [5, 5.41) is 19.9. The SMILES string of the molecule is Cc1cc(CN2C(=O)CN(c3cccc(F)c3)C2O)cc(C)c1OC(C)(C)C(=O)O. The van der Waals surface area contributed by atoms with Crippen LogP contribution < -0.4 is 9.64 Å². The van der Waals surface area contributed by atoms with E-state index in [0.29, 0.717) is 11.4 Å². The van der Waals surface area contributed by atoms with Gasteiger partial charge in [0.1, 0.15) is 18.1 Å². The number of carboxylic acids is 1. The maximum absolute atomic E-state index is 13.5. The predicted octanol–water partition coefficient (Wildman–Crippen LogP) is 2.81. The molecule has 0 radical (unpaired) electrons. The van der Waals surface area contributed by atoms with Crippen LogP contribution in [-0.4, -0.2) is 45.5 Å². The van der Waals surface area contributed by atoms with Crippen molar-refractivity contribution in [3.05, 3.63) is 58.9 Å². The van der Waals surface area contributed by atoms with Gasteiger partial charge in [-0.05, 0) is 62.6 Å². The van der Waals surface area contributed by atoms with E-state index in [1.807, 2.05) is 0 Å². The predicted molar refractivity (Wildman–Crippen MR) is 109 cm³/mol. The number of amides is 1. The van der Waals surface area contributed by atoms with Crippen LogP contribution >= 0.6 is 0 Å². The summed E-state index contributed by atoms with van der Waals surface area (Å²) in [6.45, 7) is 6.63. The van der Waals surface area contributed by atoms with Crippen molar-refractivity contribution in [2.24, 2.45) is 0 Å². The lowest BCUT2D eigenvalue weighted by Gasteiger charge is -2.27. The molecule has 2 aromatic carbocycles. The first-order chi connectivity index (χ1) is 14.0. The first-order valence-corrected chi connectivity index (χ1v) is 9.52. The highest BCUT2D eigenvalue weighted by Gasteiger charge is 2.37. The minimum atomic E-state index is -1.39. The Morgan fingerprint density at radius 3 is 2.43 bits per heavy atom. The van der Waals surface area contributed by atoms with Crippen LogP contribution in [0.1, 0.15) is 30.5 Å². The van der Waals surface area contributed by atoms with E-state index in [4.69, 9.17) is 4.74 Å². The molecule has 1 saturated heterocycles. The van der Waals surface area contributed by atoms with E-state index < -0.39 is 23.7 Å². The zero-order chi connectivity index (χ0) is 22.2. The summed E-state index contributed by atoms with van der Waals surface area (Å²) in [6.07, 6.45) is -1.22. The maximum Gasteiger partial charge on any atom is 0.347 e. The van der Waals surface area contributed by atoms with E-state index >= 15 is 0 Å². The second-order valence-electron chi connectivity index (χ2n) is 7.95. The Kier molecular flexibility index (Phi) is 5.72. The van der Waals surface area contributed by atoms with Crippen LogP contribution in [0.2, 0.25) is 0 Å². The fraction of sp³-hybridized carbons (Fsp3) is 0.364. The minimum absolute atomic E-state index is 0.0589. The van der Waals surface area contributed by atoms with Crippen molar-refractivity contribution in [1.82, 2.24) is 4.90 Å². The van der Waals surface area contributed by atoms with Gasteiger partial charge in [-0.1, -0.05) is 18.2 Å². The summed E-state index contributed by atoms with van der Waals surface area (Å²) < 4.78 is 19.2. The van der Waals surface area contributed by atoms with Gasteiger partial charge in [-0.25, -0.2) is 9.18 Å². The number of carbonyl (C=O) groups is 2. The molecule has 1 aliphatic heterocycles. The monoisotopic (exact) mass is 416 g/mol. The zero-order valence-corrected chi connectivity index (χ0v) is 17.3. The molecular formula is C22H25FN2O5. The third-order valence-electron chi connectivity index (χ3n) is 5.07. The van der Waals surface area contributed by atoms with E-state index in [0.717, 1.165) is 16.7 Å². The van der Waals surface area contributed by atoms with Crippen molar-refractivity contribution in [2.45, 2.75) is 46.2 Å². The highest BCUT2D eigenvalue weighted by molar-refractivity contribution is 5.85. The lowest BCUT2D eigenvalue weighted by atomic mass is 10.0. The number of carbonyl (C=O) groups excluding carboxylic acids is 1. The van der Waals surface area contributed by atoms with E-state index in [-0.39, 0.29) is 19.0 Å². The Balaban J connectivity index is 1.81. The highest BCUT2D eigenvalue weighted by atomic mass is 19.1. The van der Waals surface area contributed by atoms with Gasteiger partial charge >= 0.3 is 5.97 Å². The number of halogens is 1. The van der Waals surface area contributed by atoms with Crippen molar-refractivity contribution < 1.29 is 28.9 Å². The molecule has 0 aliphatic carbocycles. The maximum atomic E-state index is 13.5. The number of hydrogen-bond acceptors (Lipinski definition) is 5. The third kappa shape index (κ3) is 4.23. The molecule has 1 atom stereocenters. The summed E-state index contributed by atoms with van der Waals surface area (Å²) in [4.78, 5) is 26.6. The standard InChI is InChI=1S/C22H25FN2O5/c1-13-8-15(9-14(2)19(13)30-22(3,4)20(27)28)11-25-18(26)12-24(21(25)29)17-7-5-6-16(23)10-17/h5-10,21,29H,11-12H2,1-4H3,(H,27,28). The molecule has 7 nitrogen and oxygen atoms in total. The molecule has 3 rings (SSSR count). The van der Waals surface area contributed by atoms with Gasteiger partial charge in [0.05, 0.1) is 6.54 Å². The summed E-state index contributed by atoms with van der Waals surface area (Å²) in [5.41, 5.74) is 1.25. The fourth-order valence-corrected chi connectivity index (χ4v) is 3.45. The molecule has 2 aromatic rings. The van der Waals surface area contributed by atoms with E-state index in [9.17, 15) is 24.2 Å². The normalized spacial score (nSPS) is 16.9. The van der Waals surface area contributed by atoms with Crippen LogP contribution in [0.4, 0.5) is 10.1 Å². The van der Waals surface area contributed by atoms with E-state index in [1.165, 1.54) is 41.8 Å². The Bertz CT molecular complexity index is 968. The average Bonchev–Trinajstić information content (AvgIpc) is 2.93. The highest BCUT2D eigenvalue weighted by Crippen LogP contribution is 2.31. The summed E-state index contributed by atoms with van der Waals surface area (Å²) in [7, 11) is 0. The van der Waals surface area contributed by atoms with Gasteiger partial charge in [0.2, 0.25) is 12.3 Å². The van der Waals surface area contributed by atoms with Crippen molar-refractivity contribution in [2.75, 3.05) is 11.4 Å². The van der Waals surface area contributed by atoms with Crippen LogP contribution in [-0.2, 0) is 16.1 Å². The summed E-state index contributed by atoms with van der Waals surface area (Å²) in [5.74, 6) is -1.33. The van der Waals surface area contributed by atoms with Crippen molar-refractivity contribution in [3.8, 4) is 5.75 Å². The van der Waals surface area contributed by atoms with Gasteiger partial charge in [-0.3, -0.25) is 9.69 Å². The largest absolute Gasteiger partial charge is 0.478 e. The van der Waals surface area contributed by atoms with Crippen molar-refractivity contribution in [3.63, 3.8) is 0 Å². The Morgan fingerprint density at radius 1 is 1.23 bits per heavy atom. The molecule has 1 fully saturated rings. The average molecular weight is 416 g/mol. The second kappa shape index (κ2) is 7.95. The molecule has 0 aromatic heterocycles. The number of aryl methyl sites for hydroxylation is 2. The van der Waals surface area contributed by atoms with Gasteiger partial charge < -0.3 is 19.8 Å². The molecular weight excluding hydrogens is 391 g/mol. The molecule has 1 amide bonds. The topological polar surface area (TPSA) is 90.3 Å². The lowest BCUT2D eigenvalue weighted by molar-refractivity contribution is -0.152. The molecule has 1 unspecified atom stereocenters. The van der Waals surface area contributed by atoms with Gasteiger partial charge in [0.25, 0.3) is 0 Å². The van der Waals surface area contributed by atoms with E-state index in [2.05, 4.69) is 0 Å². The number of aliphatic hydroxyl groups excluding tert-OH is 1. The molecule has 1 heterocycles. The summed E-state index contributed by atoms with van der Waals surface area (Å²) in [6, 6.07) is 9.31. The van der Waals surface area contributed by atoms with Crippen LogP contribution in [0.5, 0.6) is 5.75 Å². The Hall–Kier alpha value is -3.13. The Morgan fingerprint density at radius 2 is 1.87 bits per heavy atom. The number of carboxylic acid groups (broad SMARTS) is 1. The molecule has 0 saturated carbocycles. The molecule has 8 heteroatoms. The molecule has 0 bridgehead atoms. The Labute approximate surface area is 174 Å². The zero-order valence-electron chi connectivity index (χ0n) is 17.3. The smallest absolute Gasteiger partial charge is 0.347 e. The molecule has 1 aliphatic rings. The molecule has 0 spiro atoms. The van der Waals surface area contributed by atoms with Crippen LogP contribution in [0, 0.1) is 19.7 Å². The van der Waals surface area contributed by atoms with Gasteiger partial charge in [0, 0.05) is 5.69 Å². The van der Waals surface area contributed by atoms with Crippen LogP contribution in [0.3, 0.4) is 0 Å². The number of nitrogens with zero attached hydrogens (tertiary/aromatic N) is 2. The van der Waals surface area contributed by atoms with Gasteiger partial charge in [0.15, 0.2) is 5.60 Å². The van der Waals surface area contributed by atoms with E-state index in [1.54, 1.807) is 32.0 Å². The quantitative estimate of drug-likeness (QED) is 0.753. The number of ether oxygens (including phenoxy) is 1. The fourth-order valence-electron chi connectivity index (χ4n) is 3.45. The lowest BCUT2D eigenvalue weighted by Crippen LogP contribution is -2.39. The minimum Gasteiger partial charge on any atom is -0.478 e. The first-order valence-electron chi connectivity index (χ1n) is 9.52.